The van der Waals surface area contributed by atoms with E-state index >= 15 is 0 Å². The van der Waals surface area contributed by atoms with Crippen LogP contribution in [-0.2, 0) is 11.2 Å². The number of carbonyl (C=O) groups excluding carboxylic acids is 1. The Morgan fingerprint density at radius 1 is 0.970 bits per heavy atom. The maximum absolute atomic E-state index is 13.0. The van der Waals surface area contributed by atoms with Crippen LogP contribution in [0, 0.1) is 0 Å². The number of methoxy groups -OCH3 is 1. The first-order valence-corrected chi connectivity index (χ1v) is 10.8. The van der Waals surface area contributed by atoms with Gasteiger partial charge in [-0.3, -0.25) is 4.79 Å². The molecule has 1 amide bonds. The number of carboxylic acids is 1. The third-order valence-corrected chi connectivity index (χ3v) is 5.28. The molecule has 0 aliphatic carbocycles. The van der Waals surface area contributed by atoms with Crippen molar-refractivity contribution in [1.82, 2.24) is 5.32 Å². The van der Waals surface area contributed by atoms with Crippen molar-refractivity contribution < 1.29 is 24.2 Å². The Hall–Kier alpha value is -3.80. The SMILES string of the molecule is COc1ccc(-c2ccccc2)cc1C(=O)N[C@H](C)Cc1ccc(OC(C)(C)C(=O)O)cc1. The van der Waals surface area contributed by atoms with E-state index in [0.717, 1.165) is 16.7 Å². The minimum Gasteiger partial charge on any atom is -0.496 e. The van der Waals surface area contributed by atoms with Crippen LogP contribution in [0.15, 0.2) is 72.8 Å². The van der Waals surface area contributed by atoms with Gasteiger partial charge in [-0.15, -0.1) is 0 Å². The summed E-state index contributed by atoms with van der Waals surface area (Å²) < 4.78 is 10.9. The second-order valence-corrected chi connectivity index (χ2v) is 8.42. The van der Waals surface area contributed by atoms with Crippen LogP contribution in [0.1, 0.15) is 36.7 Å². The topological polar surface area (TPSA) is 84.9 Å². The van der Waals surface area contributed by atoms with Gasteiger partial charge in [-0.2, -0.15) is 0 Å². The molecular weight excluding hydrogens is 418 g/mol. The van der Waals surface area contributed by atoms with Gasteiger partial charge in [0, 0.05) is 6.04 Å². The van der Waals surface area contributed by atoms with Crippen molar-refractivity contribution in [3.05, 3.63) is 83.9 Å². The molecule has 0 saturated heterocycles. The second-order valence-electron chi connectivity index (χ2n) is 8.42. The summed E-state index contributed by atoms with van der Waals surface area (Å²) in [6.07, 6.45) is 0.606. The number of nitrogens with one attached hydrogen (secondary N) is 1. The highest BCUT2D eigenvalue weighted by Gasteiger charge is 2.29. The molecule has 1 atom stereocenters. The smallest absolute Gasteiger partial charge is 0.347 e. The summed E-state index contributed by atoms with van der Waals surface area (Å²) in [5, 5.41) is 12.2. The first-order chi connectivity index (χ1) is 15.7. The predicted molar refractivity (Wildman–Crippen MR) is 128 cm³/mol. The number of carboxylic acid groups (broad SMARTS) is 1. The third kappa shape index (κ3) is 6.13. The predicted octanol–water partition coefficient (Wildman–Crippen LogP) is 4.97. The minimum absolute atomic E-state index is 0.134. The summed E-state index contributed by atoms with van der Waals surface area (Å²) in [5.41, 5.74) is 2.12. The van der Waals surface area contributed by atoms with Gasteiger partial charge in [0.2, 0.25) is 0 Å². The molecule has 0 radical (unpaired) electrons. The van der Waals surface area contributed by atoms with Crippen LogP contribution in [0.25, 0.3) is 11.1 Å². The Bertz CT molecular complexity index is 1110. The molecule has 0 aliphatic rings. The first kappa shape index (κ1) is 23.9. The highest BCUT2D eigenvalue weighted by Crippen LogP contribution is 2.27. The molecule has 0 aliphatic heterocycles. The van der Waals surface area contributed by atoms with Gasteiger partial charge in [0.15, 0.2) is 5.60 Å². The molecule has 3 aromatic rings. The maximum atomic E-state index is 13.0. The van der Waals surface area contributed by atoms with Crippen LogP contribution >= 0.6 is 0 Å². The monoisotopic (exact) mass is 447 g/mol. The van der Waals surface area contributed by atoms with E-state index in [2.05, 4.69) is 5.32 Å². The summed E-state index contributed by atoms with van der Waals surface area (Å²) >= 11 is 0. The molecule has 0 heterocycles. The van der Waals surface area contributed by atoms with E-state index in [1.165, 1.54) is 13.8 Å². The summed E-state index contributed by atoms with van der Waals surface area (Å²) in [5.74, 6) is -0.248. The van der Waals surface area contributed by atoms with Gasteiger partial charge in [-0.05, 0) is 68.1 Å². The van der Waals surface area contributed by atoms with Gasteiger partial charge in [0.25, 0.3) is 5.91 Å². The molecule has 3 aromatic carbocycles. The average Bonchev–Trinajstić information content (AvgIpc) is 2.80. The molecule has 0 bridgehead atoms. The van der Waals surface area contributed by atoms with Crippen LogP contribution in [-0.4, -0.2) is 35.7 Å². The van der Waals surface area contributed by atoms with E-state index in [4.69, 9.17) is 9.47 Å². The van der Waals surface area contributed by atoms with Crippen molar-refractivity contribution in [3.63, 3.8) is 0 Å². The summed E-state index contributed by atoms with van der Waals surface area (Å²) in [4.78, 5) is 24.2. The van der Waals surface area contributed by atoms with E-state index in [-0.39, 0.29) is 11.9 Å². The number of rotatable bonds is 9. The Kier molecular flexibility index (Phi) is 7.38. The van der Waals surface area contributed by atoms with E-state index in [0.29, 0.717) is 23.5 Å². The molecule has 6 nitrogen and oxygen atoms in total. The minimum atomic E-state index is -1.31. The molecule has 172 valence electrons. The van der Waals surface area contributed by atoms with Crippen molar-refractivity contribution in [2.75, 3.05) is 7.11 Å². The lowest BCUT2D eigenvalue weighted by Gasteiger charge is -2.21. The van der Waals surface area contributed by atoms with Crippen LogP contribution < -0.4 is 14.8 Å². The van der Waals surface area contributed by atoms with Gasteiger partial charge in [-0.1, -0.05) is 48.5 Å². The maximum Gasteiger partial charge on any atom is 0.347 e. The molecular formula is C27H29NO5. The zero-order chi connectivity index (χ0) is 24.0. The van der Waals surface area contributed by atoms with Crippen LogP contribution in [0.2, 0.25) is 0 Å². The number of ether oxygens (including phenoxy) is 2. The van der Waals surface area contributed by atoms with Gasteiger partial charge in [0.1, 0.15) is 11.5 Å². The van der Waals surface area contributed by atoms with Gasteiger partial charge in [-0.25, -0.2) is 4.79 Å². The molecule has 2 N–H and O–H groups in total. The molecule has 0 saturated carbocycles. The van der Waals surface area contributed by atoms with Crippen molar-refractivity contribution >= 4 is 11.9 Å². The van der Waals surface area contributed by atoms with Crippen molar-refractivity contribution in [3.8, 4) is 22.6 Å². The lowest BCUT2D eigenvalue weighted by Crippen LogP contribution is -2.37. The number of amides is 1. The first-order valence-electron chi connectivity index (χ1n) is 10.8. The molecule has 0 spiro atoms. The fourth-order valence-electron chi connectivity index (χ4n) is 3.43. The normalized spacial score (nSPS) is 12.0. The average molecular weight is 448 g/mol. The number of hydrogen-bond acceptors (Lipinski definition) is 4. The fraction of sp³-hybridized carbons (Fsp3) is 0.259. The number of carbonyl (C=O) groups is 2. The van der Waals surface area contributed by atoms with Crippen LogP contribution in [0.4, 0.5) is 0 Å². The Morgan fingerprint density at radius 3 is 2.24 bits per heavy atom. The third-order valence-electron chi connectivity index (χ3n) is 5.28. The summed E-state index contributed by atoms with van der Waals surface area (Å²) in [6, 6.07) is 22.5. The highest BCUT2D eigenvalue weighted by molar-refractivity contribution is 5.98. The van der Waals surface area contributed by atoms with Gasteiger partial charge >= 0.3 is 5.97 Å². The van der Waals surface area contributed by atoms with Crippen molar-refractivity contribution in [2.45, 2.75) is 38.8 Å². The number of aliphatic carboxylic acids is 1. The van der Waals surface area contributed by atoms with E-state index in [1.807, 2.05) is 61.5 Å². The Labute approximate surface area is 194 Å². The van der Waals surface area contributed by atoms with E-state index < -0.39 is 11.6 Å². The summed E-state index contributed by atoms with van der Waals surface area (Å²) in [6.45, 7) is 4.94. The molecule has 0 fully saturated rings. The lowest BCUT2D eigenvalue weighted by molar-refractivity contribution is -0.152. The molecule has 6 heteroatoms. The summed E-state index contributed by atoms with van der Waals surface area (Å²) in [7, 11) is 1.55. The fourth-order valence-corrected chi connectivity index (χ4v) is 3.43. The Morgan fingerprint density at radius 2 is 1.64 bits per heavy atom. The molecule has 33 heavy (non-hydrogen) atoms. The zero-order valence-electron chi connectivity index (χ0n) is 19.3. The van der Waals surface area contributed by atoms with Crippen molar-refractivity contribution in [1.29, 1.82) is 0 Å². The van der Waals surface area contributed by atoms with Gasteiger partial charge < -0.3 is 19.9 Å². The Balaban J connectivity index is 1.68. The van der Waals surface area contributed by atoms with Crippen LogP contribution in [0.3, 0.4) is 0 Å². The second kappa shape index (κ2) is 10.2. The van der Waals surface area contributed by atoms with Crippen LogP contribution in [0.5, 0.6) is 11.5 Å². The number of benzene rings is 3. The number of hydrogen-bond donors (Lipinski definition) is 2. The zero-order valence-corrected chi connectivity index (χ0v) is 19.3. The lowest BCUT2D eigenvalue weighted by atomic mass is 10.0. The molecule has 3 rings (SSSR count). The standard InChI is InChI=1S/C27H29NO5/c1-18(16-19-10-13-22(14-11-19)33-27(2,3)26(30)31)28-25(29)23-17-21(12-15-24(23)32-4)20-8-6-5-7-9-20/h5-15,17-18H,16H2,1-4H3,(H,28,29)(H,30,31)/t18-/m1/s1. The van der Waals surface area contributed by atoms with Crippen molar-refractivity contribution in [2.24, 2.45) is 0 Å². The molecule has 0 aromatic heterocycles. The van der Waals surface area contributed by atoms with E-state index in [1.54, 1.807) is 25.3 Å². The quantitative estimate of drug-likeness (QED) is 0.484. The van der Waals surface area contributed by atoms with E-state index in [9.17, 15) is 14.7 Å². The highest BCUT2D eigenvalue weighted by atomic mass is 16.5. The van der Waals surface area contributed by atoms with Gasteiger partial charge in [0.05, 0.1) is 12.7 Å². The largest absolute Gasteiger partial charge is 0.496 e. The molecule has 0 unspecified atom stereocenters.